The van der Waals surface area contributed by atoms with Crippen LogP contribution in [0.5, 0.6) is 5.88 Å². The zero-order valence-corrected chi connectivity index (χ0v) is 29.6. The monoisotopic (exact) mass is 696 g/mol. The lowest BCUT2D eigenvalue weighted by molar-refractivity contribution is -0.129. The van der Waals surface area contributed by atoms with Crippen molar-refractivity contribution in [1.82, 2.24) is 24.8 Å². The number of hydrogen-bond acceptors (Lipinski definition) is 10. The fraction of sp³-hybridized carbons (Fsp3) is 0.474. The number of ether oxygens (including phenoxy) is 3. The van der Waals surface area contributed by atoms with Gasteiger partial charge in [-0.15, -0.1) is 0 Å². The Bertz CT molecular complexity index is 1950. The van der Waals surface area contributed by atoms with Crippen LogP contribution in [0.3, 0.4) is 0 Å². The molecule has 51 heavy (non-hydrogen) atoms. The summed E-state index contributed by atoms with van der Waals surface area (Å²) in [6.07, 6.45) is 1.12. The average Bonchev–Trinajstić information content (AvgIpc) is 3.72. The maximum absolute atomic E-state index is 14.4. The van der Waals surface area contributed by atoms with Gasteiger partial charge in [-0.05, 0) is 82.3 Å². The minimum Gasteiger partial charge on any atom is -0.473 e. The van der Waals surface area contributed by atoms with E-state index in [1.165, 1.54) is 6.07 Å². The molecule has 3 aliphatic rings. The predicted molar refractivity (Wildman–Crippen MR) is 189 cm³/mol. The molecule has 0 aliphatic carbocycles. The first kappa shape index (κ1) is 34.8. The third-order valence-corrected chi connectivity index (χ3v) is 9.72. The molecule has 1 amide bonds. The number of amides is 1. The first-order valence-corrected chi connectivity index (χ1v) is 17.5. The fourth-order valence-electron chi connectivity index (χ4n) is 7.45. The Hall–Kier alpha value is -4.61. The molecule has 268 valence electrons. The fourth-order valence-corrected chi connectivity index (χ4v) is 7.45. The maximum atomic E-state index is 14.4. The van der Waals surface area contributed by atoms with E-state index in [4.69, 9.17) is 35.2 Å². The Morgan fingerprint density at radius 2 is 1.84 bits per heavy atom. The number of rotatable bonds is 12. The van der Waals surface area contributed by atoms with Gasteiger partial charge >= 0.3 is 0 Å². The van der Waals surface area contributed by atoms with E-state index in [9.17, 15) is 9.18 Å². The zero-order valence-electron chi connectivity index (χ0n) is 29.6. The van der Waals surface area contributed by atoms with Gasteiger partial charge in [-0.25, -0.2) is 9.37 Å². The smallest absolute Gasteiger partial charge is 0.253 e. The number of fused-ring (bicyclic) bond motifs is 2. The minimum absolute atomic E-state index is 0.0286. The molecule has 3 fully saturated rings. The van der Waals surface area contributed by atoms with E-state index < -0.39 is 17.3 Å². The Balaban J connectivity index is 1.00. The van der Waals surface area contributed by atoms with E-state index in [1.807, 2.05) is 30.3 Å². The van der Waals surface area contributed by atoms with Gasteiger partial charge in [0, 0.05) is 50.0 Å². The number of hydrogen-bond donors (Lipinski definition) is 2. The standard InChI is InChI=1S/C38H45FN8O4/c1-37(2,41)51-38(3,4)44-36(48)25-10-11-31-32(15-25)47(21-29-12-13-49-29)34(42-31)22-45-17-27-19-46(20-28(27)18-45)33-6-5-7-35(43-33)50-23-26-9-8-24(16-40)14-30(26)39/h5-11,14-15,27-29H,12-13,17-23,41H2,1-4H3,(H,44,48). The number of nitrogens with two attached hydrogens (primary N) is 1. The van der Waals surface area contributed by atoms with Crippen LogP contribution in [0.25, 0.3) is 11.0 Å². The number of carbonyl (C=O) groups is 1. The highest BCUT2D eigenvalue weighted by atomic mass is 19.1. The summed E-state index contributed by atoms with van der Waals surface area (Å²) < 4.78 is 34.1. The molecule has 0 spiro atoms. The van der Waals surface area contributed by atoms with Crippen LogP contribution in [-0.4, -0.2) is 75.7 Å². The van der Waals surface area contributed by atoms with Gasteiger partial charge in [-0.1, -0.05) is 12.1 Å². The van der Waals surface area contributed by atoms with Crippen LogP contribution in [0.2, 0.25) is 0 Å². The number of benzene rings is 2. The normalized spacial score (nSPS) is 20.6. The molecule has 0 saturated carbocycles. The summed E-state index contributed by atoms with van der Waals surface area (Å²) in [7, 11) is 0. The zero-order chi connectivity index (χ0) is 35.9. The molecule has 3 saturated heterocycles. The van der Waals surface area contributed by atoms with Crippen molar-refractivity contribution in [1.29, 1.82) is 5.26 Å². The highest BCUT2D eigenvalue weighted by Gasteiger charge is 2.41. The molecule has 0 bridgehead atoms. The highest BCUT2D eigenvalue weighted by Crippen LogP contribution is 2.35. The van der Waals surface area contributed by atoms with E-state index in [0.29, 0.717) is 41.9 Å². The molecule has 5 heterocycles. The van der Waals surface area contributed by atoms with E-state index in [0.717, 1.165) is 61.9 Å². The van der Waals surface area contributed by atoms with Crippen molar-refractivity contribution >= 4 is 22.8 Å². The van der Waals surface area contributed by atoms with Gasteiger partial charge in [0.25, 0.3) is 5.91 Å². The first-order valence-electron chi connectivity index (χ1n) is 17.5. The molecule has 13 heteroatoms. The number of nitrogens with one attached hydrogen (secondary N) is 1. The van der Waals surface area contributed by atoms with Crippen LogP contribution in [-0.2, 0) is 29.2 Å². The topological polar surface area (TPSA) is 144 Å². The second-order valence-electron chi connectivity index (χ2n) is 15.0. The lowest BCUT2D eigenvalue weighted by atomic mass is 10.0. The molecule has 3 unspecified atom stereocenters. The van der Waals surface area contributed by atoms with E-state index in [1.54, 1.807) is 52.0 Å². The summed E-state index contributed by atoms with van der Waals surface area (Å²) >= 11 is 0. The number of aromatic nitrogens is 3. The van der Waals surface area contributed by atoms with Gasteiger partial charge in [0.15, 0.2) is 0 Å². The number of likely N-dealkylation sites (tertiary alicyclic amines) is 1. The van der Waals surface area contributed by atoms with Crippen LogP contribution >= 0.6 is 0 Å². The van der Waals surface area contributed by atoms with Crippen molar-refractivity contribution < 1.29 is 23.4 Å². The third kappa shape index (κ3) is 7.99. The predicted octanol–water partition coefficient (Wildman–Crippen LogP) is 4.56. The van der Waals surface area contributed by atoms with Gasteiger partial charge in [0.1, 0.15) is 35.5 Å². The number of imidazole rings is 1. The molecule has 2 aromatic heterocycles. The molecule has 3 aliphatic heterocycles. The van der Waals surface area contributed by atoms with Gasteiger partial charge in [0.2, 0.25) is 5.88 Å². The molecule has 7 rings (SSSR count). The Morgan fingerprint density at radius 1 is 1.08 bits per heavy atom. The third-order valence-electron chi connectivity index (χ3n) is 9.72. The largest absolute Gasteiger partial charge is 0.473 e. The number of anilines is 1. The van der Waals surface area contributed by atoms with E-state index in [-0.39, 0.29) is 24.2 Å². The molecule has 4 aromatic rings. The van der Waals surface area contributed by atoms with E-state index >= 15 is 0 Å². The summed E-state index contributed by atoms with van der Waals surface area (Å²) in [5, 5.41) is 12.0. The summed E-state index contributed by atoms with van der Waals surface area (Å²) in [5.74, 6) is 2.49. The van der Waals surface area contributed by atoms with Gasteiger partial charge in [-0.3, -0.25) is 9.69 Å². The number of halogens is 1. The van der Waals surface area contributed by atoms with Gasteiger partial charge in [0.05, 0.1) is 41.9 Å². The van der Waals surface area contributed by atoms with Crippen LogP contribution in [0.15, 0.2) is 54.6 Å². The number of carbonyl (C=O) groups excluding carboxylic acids is 1. The first-order chi connectivity index (χ1) is 24.3. The summed E-state index contributed by atoms with van der Waals surface area (Å²) in [5.41, 5.74) is 7.11. The number of pyridine rings is 1. The summed E-state index contributed by atoms with van der Waals surface area (Å²) in [6.45, 7) is 12.9. The van der Waals surface area contributed by atoms with Crippen molar-refractivity contribution in [3.8, 4) is 11.9 Å². The van der Waals surface area contributed by atoms with Crippen molar-refractivity contribution in [2.24, 2.45) is 17.6 Å². The Labute approximate surface area is 297 Å². The van der Waals surface area contributed by atoms with E-state index in [2.05, 4.69) is 19.7 Å². The second-order valence-corrected chi connectivity index (χ2v) is 15.0. The second kappa shape index (κ2) is 13.8. The van der Waals surface area contributed by atoms with Crippen LogP contribution in [0.4, 0.5) is 10.2 Å². The molecule has 3 atom stereocenters. The van der Waals surface area contributed by atoms with Crippen molar-refractivity contribution in [2.75, 3.05) is 37.7 Å². The van der Waals surface area contributed by atoms with Crippen molar-refractivity contribution in [3.05, 3.63) is 82.9 Å². The molecule has 2 aromatic carbocycles. The minimum atomic E-state index is -0.959. The summed E-state index contributed by atoms with van der Waals surface area (Å²) in [4.78, 5) is 27.9. The quantitative estimate of drug-likeness (QED) is 0.203. The van der Waals surface area contributed by atoms with Gasteiger partial charge in [-0.2, -0.15) is 10.2 Å². The van der Waals surface area contributed by atoms with Crippen molar-refractivity contribution in [3.63, 3.8) is 0 Å². The number of nitriles is 1. The molecule has 12 nitrogen and oxygen atoms in total. The van der Waals surface area contributed by atoms with Crippen LogP contribution in [0.1, 0.15) is 61.4 Å². The van der Waals surface area contributed by atoms with Crippen LogP contribution < -0.4 is 20.7 Å². The summed E-state index contributed by atoms with van der Waals surface area (Å²) in [6, 6.07) is 17.6. The van der Waals surface area contributed by atoms with Crippen LogP contribution in [0, 0.1) is 29.0 Å². The lowest BCUT2D eigenvalue weighted by Gasteiger charge is -2.34. The Kier molecular flexibility index (Phi) is 9.45. The maximum Gasteiger partial charge on any atom is 0.253 e. The molecular weight excluding hydrogens is 651 g/mol. The van der Waals surface area contributed by atoms with Gasteiger partial charge < -0.3 is 34.7 Å². The number of nitrogens with zero attached hydrogens (tertiary/aromatic N) is 6. The lowest BCUT2D eigenvalue weighted by Crippen LogP contribution is -2.53. The van der Waals surface area contributed by atoms with Crippen molar-refractivity contribution in [2.45, 2.75) is 71.4 Å². The average molecular weight is 697 g/mol. The molecule has 3 N–H and O–H groups in total. The SMILES string of the molecule is CC(C)(N)OC(C)(C)NC(=O)c1ccc2nc(CN3CC4CN(c5cccc(OCc6ccc(C#N)cc6F)n5)CC4C3)n(CC3CCO3)c2c1. The Morgan fingerprint density at radius 3 is 2.51 bits per heavy atom. The molecular formula is C38H45FN8O4. The molecule has 0 radical (unpaired) electrons. The highest BCUT2D eigenvalue weighted by molar-refractivity contribution is 5.97.